The zero-order valence-electron chi connectivity index (χ0n) is 40.5. The smallest absolute Gasteiger partial charge is 0.0710 e. The van der Waals surface area contributed by atoms with E-state index in [0.717, 1.165) is 12.8 Å². The molecule has 69 heavy (non-hydrogen) atoms. The Bertz CT molecular complexity index is 3370. The Morgan fingerprint density at radius 3 is 1.83 bits per heavy atom. The first kappa shape index (κ1) is 41.9. The molecule has 7 aromatic carbocycles. The minimum absolute atomic E-state index is 0.0957. The van der Waals surface area contributed by atoms with E-state index in [-0.39, 0.29) is 11.5 Å². The van der Waals surface area contributed by atoms with Crippen molar-refractivity contribution in [2.24, 2.45) is 17.8 Å². The fourth-order valence-corrected chi connectivity index (χ4v) is 13.8. The van der Waals surface area contributed by atoms with E-state index >= 15 is 0 Å². The summed E-state index contributed by atoms with van der Waals surface area (Å²) in [4.78, 5) is 2.60. The molecule has 0 saturated heterocycles. The molecule has 0 heterocycles. The van der Waals surface area contributed by atoms with Gasteiger partial charge in [0.25, 0.3) is 0 Å². The van der Waals surface area contributed by atoms with Gasteiger partial charge in [0.05, 0.1) is 16.9 Å². The number of anilines is 2. The van der Waals surface area contributed by atoms with Gasteiger partial charge in [-0.15, -0.1) is 0 Å². The number of rotatable bonds is 7. The van der Waals surface area contributed by atoms with Crippen molar-refractivity contribution in [2.45, 2.75) is 69.7 Å². The minimum Gasteiger partial charge on any atom is -0.334 e. The molecule has 0 radical (unpaired) electrons. The zero-order chi connectivity index (χ0) is 46.6. The summed E-state index contributed by atoms with van der Waals surface area (Å²) in [6, 6.07) is 65.8. The maximum atomic E-state index is 2.65. The van der Waals surface area contributed by atoms with Crippen molar-refractivity contribution in [3.8, 4) is 11.1 Å². The van der Waals surface area contributed by atoms with Crippen molar-refractivity contribution in [3.63, 3.8) is 0 Å². The van der Waals surface area contributed by atoms with Crippen molar-refractivity contribution < 1.29 is 0 Å². The Balaban J connectivity index is 1.04. The highest BCUT2D eigenvalue weighted by Gasteiger charge is 2.52. The van der Waals surface area contributed by atoms with Crippen LogP contribution in [0.1, 0.15) is 103 Å². The van der Waals surface area contributed by atoms with Gasteiger partial charge in [0.15, 0.2) is 0 Å². The summed E-state index contributed by atoms with van der Waals surface area (Å²) in [5, 5.41) is 0. The van der Waals surface area contributed by atoms with Gasteiger partial charge in [-0.25, -0.2) is 0 Å². The van der Waals surface area contributed by atoms with Crippen molar-refractivity contribution >= 4 is 22.5 Å². The van der Waals surface area contributed by atoms with Crippen molar-refractivity contribution in [3.05, 3.63) is 285 Å². The molecular formula is C68H59N. The van der Waals surface area contributed by atoms with Crippen LogP contribution in [-0.4, -0.2) is 6.04 Å². The van der Waals surface area contributed by atoms with Crippen LogP contribution in [0.25, 0.3) is 22.3 Å². The van der Waals surface area contributed by atoms with E-state index in [1.54, 1.807) is 0 Å². The van der Waals surface area contributed by atoms with E-state index in [1.165, 1.54) is 100 Å². The van der Waals surface area contributed by atoms with E-state index in [4.69, 9.17) is 0 Å². The molecule has 336 valence electrons. The Hall–Kier alpha value is -7.22. The molecule has 0 N–H and O–H groups in total. The second-order valence-corrected chi connectivity index (χ2v) is 21.3. The number of fused-ring (bicyclic) bond motifs is 8. The first-order valence-corrected chi connectivity index (χ1v) is 25.4. The molecule has 0 aliphatic heterocycles. The van der Waals surface area contributed by atoms with Crippen LogP contribution in [0, 0.1) is 17.8 Å². The molecule has 5 unspecified atom stereocenters. The van der Waals surface area contributed by atoms with Gasteiger partial charge in [0.2, 0.25) is 0 Å². The highest BCUT2D eigenvalue weighted by atomic mass is 15.2. The molecule has 6 aliphatic carbocycles. The maximum absolute atomic E-state index is 2.65. The van der Waals surface area contributed by atoms with Crippen LogP contribution < -0.4 is 4.90 Å². The molecule has 0 bridgehead atoms. The summed E-state index contributed by atoms with van der Waals surface area (Å²) in [7, 11) is 0. The van der Waals surface area contributed by atoms with Gasteiger partial charge in [-0.05, 0) is 144 Å². The van der Waals surface area contributed by atoms with E-state index in [9.17, 15) is 0 Å². The SMILES string of the molecule is CC1C=C2C(=CC1)c1ccccc1C2(c1ccc(N(c2ccc3c(c2)C(C)(C)c2ccccc2-3)C2C=CC=CC2C)cc1)c1ccc2c(c1)C(c1ccccc1)(c1ccccc1)C1=C2CC(C)C=C1. The van der Waals surface area contributed by atoms with Gasteiger partial charge in [-0.1, -0.05) is 229 Å². The van der Waals surface area contributed by atoms with Gasteiger partial charge in [-0.3, -0.25) is 0 Å². The number of benzene rings is 7. The molecular weight excluding hydrogens is 831 g/mol. The third-order valence-electron chi connectivity index (χ3n) is 17.0. The van der Waals surface area contributed by atoms with Crippen molar-refractivity contribution in [2.75, 3.05) is 4.90 Å². The second kappa shape index (κ2) is 15.7. The zero-order valence-corrected chi connectivity index (χ0v) is 40.5. The predicted octanol–water partition coefficient (Wildman–Crippen LogP) is 16.7. The van der Waals surface area contributed by atoms with E-state index in [1.807, 2.05) is 0 Å². The normalized spacial score (nSPS) is 23.8. The standard InChI is InChI=1S/C68H59N/c1-44-29-39-61-58(40-44)57-37-32-50(42-64(57)67(61,47-19-8-6-9-20-47)48-21-10-7-11-22-48)68(60-26-16-14-24-54(60)56-36-28-45(2)41-63(56)68)49-30-33-51(34-31-49)69(65-27-17-12-18-46(65)3)52-35-38-55-53-23-13-15-25-59(53)66(4,5)62(55)43-52/h6-27,29-39,41-46,65H,28,40H2,1-5H3. The van der Waals surface area contributed by atoms with Crippen LogP contribution in [0.4, 0.5) is 11.4 Å². The van der Waals surface area contributed by atoms with Gasteiger partial charge < -0.3 is 4.90 Å². The van der Waals surface area contributed by atoms with Crippen molar-refractivity contribution in [1.82, 2.24) is 0 Å². The Morgan fingerprint density at radius 1 is 0.478 bits per heavy atom. The summed E-state index contributed by atoms with van der Waals surface area (Å²) in [5.41, 5.74) is 23.2. The van der Waals surface area contributed by atoms with Gasteiger partial charge in [0, 0.05) is 16.8 Å². The largest absolute Gasteiger partial charge is 0.334 e. The van der Waals surface area contributed by atoms with E-state index in [0.29, 0.717) is 17.8 Å². The summed E-state index contributed by atoms with van der Waals surface area (Å²) in [6.45, 7) is 11.9. The lowest BCUT2D eigenvalue weighted by molar-refractivity contribution is 0.608. The van der Waals surface area contributed by atoms with E-state index in [2.05, 4.69) is 258 Å². The second-order valence-electron chi connectivity index (χ2n) is 21.3. The molecule has 5 atom stereocenters. The summed E-state index contributed by atoms with van der Waals surface area (Å²) >= 11 is 0. The summed E-state index contributed by atoms with van der Waals surface area (Å²) in [6.07, 6.45) is 21.3. The van der Waals surface area contributed by atoms with Gasteiger partial charge in [-0.2, -0.15) is 0 Å². The molecule has 0 fully saturated rings. The summed E-state index contributed by atoms with van der Waals surface area (Å²) in [5.74, 6) is 1.20. The van der Waals surface area contributed by atoms with Crippen LogP contribution in [0.15, 0.2) is 230 Å². The third-order valence-corrected chi connectivity index (χ3v) is 17.0. The summed E-state index contributed by atoms with van der Waals surface area (Å²) < 4.78 is 0. The number of nitrogens with zero attached hydrogens (tertiary/aromatic N) is 1. The van der Waals surface area contributed by atoms with Crippen molar-refractivity contribution in [1.29, 1.82) is 0 Å². The van der Waals surface area contributed by atoms with Gasteiger partial charge >= 0.3 is 0 Å². The van der Waals surface area contributed by atoms with Crippen LogP contribution >= 0.6 is 0 Å². The predicted molar refractivity (Wildman–Crippen MR) is 289 cm³/mol. The molecule has 7 aromatic rings. The first-order valence-electron chi connectivity index (χ1n) is 25.4. The average molecular weight is 890 g/mol. The first-order chi connectivity index (χ1) is 33.7. The number of allylic oxidation sites excluding steroid dienone is 10. The third kappa shape index (κ3) is 5.96. The maximum Gasteiger partial charge on any atom is 0.0710 e. The molecule has 6 aliphatic rings. The van der Waals surface area contributed by atoms with Crippen LogP contribution in [-0.2, 0) is 16.2 Å². The highest BCUT2D eigenvalue weighted by molar-refractivity contribution is 5.96. The van der Waals surface area contributed by atoms with E-state index < -0.39 is 10.8 Å². The molecule has 0 aromatic heterocycles. The van der Waals surface area contributed by atoms with Crippen LogP contribution in [0.3, 0.4) is 0 Å². The lowest BCUT2D eigenvalue weighted by Crippen LogP contribution is -2.35. The minimum atomic E-state index is -0.551. The molecule has 0 spiro atoms. The number of hydrogen-bond donors (Lipinski definition) is 0. The molecule has 0 saturated carbocycles. The van der Waals surface area contributed by atoms with Crippen LogP contribution in [0.5, 0.6) is 0 Å². The topological polar surface area (TPSA) is 3.24 Å². The van der Waals surface area contributed by atoms with Gasteiger partial charge in [0.1, 0.15) is 0 Å². The highest BCUT2D eigenvalue weighted by Crippen LogP contribution is 2.63. The molecule has 1 heteroatoms. The monoisotopic (exact) mass is 889 g/mol. The lowest BCUT2D eigenvalue weighted by atomic mass is 9.63. The fourth-order valence-electron chi connectivity index (χ4n) is 13.8. The molecule has 13 rings (SSSR count). The Kier molecular flexibility index (Phi) is 9.51. The average Bonchev–Trinajstić information content (AvgIpc) is 3.93. The lowest BCUT2D eigenvalue weighted by Gasteiger charge is -2.39. The Morgan fingerprint density at radius 2 is 1.09 bits per heavy atom. The number of hydrogen-bond acceptors (Lipinski definition) is 1. The molecule has 0 amide bonds. The fraction of sp³-hybridized carbons (Fsp3) is 0.206. The molecule has 1 nitrogen and oxygen atoms in total. The van der Waals surface area contributed by atoms with Crippen LogP contribution in [0.2, 0.25) is 0 Å². The Labute approximate surface area is 409 Å². The quantitative estimate of drug-likeness (QED) is 0.154.